The molecule has 1 amide bonds. The van der Waals surface area contributed by atoms with Crippen LogP contribution in [0.5, 0.6) is 5.75 Å². The van der Waals surface area contributed by atoms with E-state index in [4.69, 9.17) is 4.74 Å². The summed E-state index contributed by atoms with van der Waals surface area (Å²) < 4.78 is 5.34. The maximum atomic E-state index is 11.6. The molecule has 1 fully saturated rings. The van der Waals surface area contributed by atoms with E-state index >= 15 is 0 Å². The predicted octanol–water partition coefficient (Wildman–Crippen LogP) is 2.43. The van der Waals surface area contributed by atoms with Gasteiger partial charge in [-0.25, -0.2) is 4.99 Å². The number of nitrogens with zero attached hydrogens (tertiary/aromatic N) is 1. The van der Waals surface area contributed by atoms with Crippen molar-refractivity contribution in [3.63, 3.8) is 0 Å². The van der Waals surface area contributed by atoms with Gasteiger partial charge in [0.25, 0.3) is 0 Å². The topological polar surface area (TPSA) is 74.8 Å². The van der Waals surface area contributed by atoms with E-state index < -0.39 is 0 Å². The molecular formula is C18H29IN4O2. The summed E-state index contributed by atoms with van der Waals surface area (Å²) in [5.41, 5.74) is 1.04. The molecule has 1 aromatic carbocycles. The number of carbonyl (C=O) groups excluding carboxylic acids is 1. The fourth-order valence-corrected chi connectivity index (χ4v) is 2.32. The number of hydrogen-bond acceptors (Lipinski definition) is 3. The number of ether oxygens (including phenoxy) is 1. The summed E-state index contributed by atoms with van der Waals surface area (Å²) >= 11 is 0. The molecule has 0 spiro atoms. The summed E-state index contributed by atoms with van der Waals surface area (Å²) in [6.45, 7) is 4.08. The first-order valence-electron chi connectivity index (χ1n) is 8.66. The minimum atomic E-state index is 0. The Morgan fingerprint density at radius 1 is 1.28 bits per heavy atom. The molecule has 7 heteroatoms. The molecular weight excluding hydrogens is 431 g/mol. The van der Waals surface area contributed by atoms with E-state index in [1.807, 2.05) is 31.2 Å². The van der Waals surface area contributed by atoms with Gasteiger partial charge in [-0.3, -0.25) is 4.79 Å². The largest absolute Gasteiger partial charge is 0.496 e. The molecule has 1 aliphatic carbocycles. The highest BCUT2D eigenvalue weighted by Gasteiger charge is 2.22. The standard InChI is InChI=1S/C18H28N4O2.HI/c1-3-19-18(20-12-6-9-17(23)22-15-10-11-15)21-13-14-7-4-5-8-16(14)24-2;/h4-5,7-8,15H,3,6,9-13H2,1-2H3,(H,22,23)(H2,19,20,21);1H. The number of benzene rings is 1. The second-order valence-corrected chi connectivity index (χ2v) is 5.88. The van der Waals surface area contributed by atoms with Gasteiger partial charge in [-0.2, -0.15) is 0 Å². The number of para-hydroxylation sites is 1. The van der Waals surface area contributed by atoms with Crippen LogP contribution in [0.25, 0.3) is 0 Å². The van der Waals surface area contributed by atoms with E-state index in [1.54, 1.807) is 7.11 Å². The van der Waals surface area contributed by atoms with E-state index in [0.717, 1.165) is 49.6 Å². The normalized spacial score (nSPS) is 13.6. The van der Waals surface area contributed by atoms with E-state index in [9.17, 15) is 4.79 Å². The summed E-state index contributed by atoms with van der Waals surface area (Å²) in [4.78, 5) is 16.2. The van der Waals surface area contributed by atoms with Gasteiger partial charge in [0.15, 0.2) is 5.96 Å². The van der Waals surface area contributed by atoms with Crippen LogP contribution < -0.4 is 20.7 Å². The van der Waals surface area contributed by atoms with Gasteiger partial charge in [-0.15, -0.1) is 24.0 Å². The molecule has 0 saturated heterocycles. The highest BCUT2D eigenvalue weighted by Crippen LogP contribution is 2.19. The van der Waals surface area contributed by atoms with Crippen molar-refractivity contribution in [2.45, 2.75) is 45.2 Å². The van der Waals surface area contributed by atoms with Gasteiger partial charge in [-0.1, -0.05) is 18.2 Å². The van der Waals surface area contributed by atoms with Crippen LogP contribution in [0, 0.1) is 0 Å². The first-order chi connectivity index (χ1) is 11.7. The Balaban J connectivity index is 0.00000312. The number of methoxy groups -OCH3 is 1. The summed E-state index contributed by atoms with van der Waals surface area (Å²) in [5.74, 6) is 1.75. The lowest BCUT2D eigenvalue weighted by molar-refractivity contribution is -0.121. The smallest absolute Gasteiger partial charge is 0.220 e. The monoisotopic (exact) mass is 460 g/mol. The van der Waals surface area contributed by atoms with Crippen LogP contribution in [0.4, 0.5) is 0 Å². The summed E-state index contributed by atoms with van der Waals surface area (Å²) in [6, 6.07) is 8.30. The molecule has 0 bridgehead atoms. The third kappa shape index (κ3) is 8.42. The van der Waals surface area contributed by atoms with Crippen molar-refractivity contribution in [3.05, 3.63) is 29.8 Å². The summed E-state index contributed by atoms with van der Waals surface area (Å²) in [6.07, 6.45) is 3.60. The van der Waals surface area contributed by atoms with Crippen LogP contribution in [0.1, 0.15) is 38.2 Å². The predicted molar refractivity (Wildman–Crippen MR) is 112 cm³/mol. The fourth-order valence-electron chi connectivity index (χ4n) is 2.32. The van der Waals surface area contributed by atoms with Crippen molar-refractivity contribution in [2.24, 2.45) is 4.99 Å². The van der Waals surface area contributed by atoms with Gasteiger partial charge in [0.2, 0.25) is 5.91 Å². The molecule has 1 aliphatic rings. The Labute approximate surface area is 167 Å². The van der Waals surface area contributed by atoms with Crippen LogP contribution in [0.2, 0.25) is 0 Å². The molecule has 0 unspecified atom stereocenters. The molecule has 2 rings (SSSR count). The molecule has 6 nitrogen and oxygen atoms in total. The Morgan fingerprint density at radius 3 is 2.72 bits per heavy atom. The van der Waals surface area contributed by atoms with Crippen LogP contribution in [0.3, 0.4) is 0 Å². The Bertz CT molecular complexity index is 562. The second-order valence-electron chi connectivity index (χ2n) is 5.88. The lowest BCUT2D eigenvalue weighted by atomic mass is 10.2. The van der Waals surface area contributed by atoms with Gasteiger partial charge in [0.1, 0.15) is 5.75 Å². The van der Waals surface area contributed by atoms with Gasteiger partial charge in [0, 0.05) is 31.1 Å². The van der Waals surface area contributed by atoms with Gasteiger partial charge in [-0.05, 0) is 32.3 Å². The van der Waals surface area contributed by atoms with Crippen molar-refractivity contribution in [2.75, 3.05) is 20.2 Å². The number of rotatable bonds is 9. The summed E-state index contributed by atoms with van der Waals surface area (Å²) in [5, 5.41) is 9.49. The maximum absolute atomic E-state index is 11.6. The first kappa shape index (κ1) is 21.5. The highest BCUT2D eigenvalue weighted by atomic mass is 127. The zero-order chi connectivity index (χ0) is 17.2. The van der Waals surface area contributed by atoms with Crippen LogP contribution in [-0.4, -0.2) is 38.1 Å². The lowest BCUT2D eigenvalue weighted by Gasteiger charge is -2.12. The number of guanidine groups is 1. The van der Waals surface area contributed by atoms with Crippen LogP contribution in [0.15, 0.2) is 29.3 Å². The van der Waals surface area contributed by atoms with E-state index in [1.165, 1.54) is 0 Å². The van der Waals surface area contributed by atoms with E-state index in [-0.39, 0.29) is 29.9 Å². The number of hydrogen-bond donors (Lipinski definition) is 3. The first-order valence-corrected chi connectivity index (χ1v) is 8.66. The minimum Gasteiger partial charge on any atom is -0.496 e. The lowest BCUT2D eigenvalue weighted by Crippen LogP contribution is -2.38. The van der Waals surface area contributed by atoms with Gasteiger partial charge >= 0.3 is 0 Å². The number of nitrogens with one attached hydrogen (secondary N) is 3. The molecule has 1 aromatic rings. The maximum Gasteiger partial charge on any atom is 0.220 e. The molecule has 3 N–H and O–H groups in total. The van der Waals surface area contributed by atoms with Gasteiger partial charge in [0.05, 0.1) is 13.7 Å². The molecule has 1 saturated carbocycles. The van der Waals surface area contributed by atoms with Crippen molar-refractivity contribution < 1.29 is 9.53 Å². The number of carbonyl (C=O) groups is 1. The Kier molecular flexibility index (Phi) is 10.3. The number of halogens is 1. The number of amides is 1. The molecule has 0 atom stereocenters. The average molecular weight is 460 g/mol. The van der Waals surface area contributed by atoms with Crippen molar-refractivity contribution in [3.8, 4) is 5.75 Å². The van der Waals surface area contributed by atoms with Gasteiger partial charge < -0.3 is 20.7 Å². The number of aliphatic imine (C=N–C) groups is 1. The molecule has 0 radical (unpaired) electrons. The molecule has 0 heterocycles. The van der Waals surface area contributed by atoms with Crippen LogP contribution >= 0.6 is 24.0 Å². The molecule has 140 valence electrons. The van der Waals surface area contributed by atoms with Crippen LogP contribution in [-0.2, 0) is 11.3 Å². The average Bonchev–Trinajstić information content (AvgIpc) is 3.40. The highest BCUT2D eigenvalue weighted by molar-refractivity contribution is 14.0. The molecule has 0 aromatic heterocycles. The third-order valence-corrected chi connectivity index (χ3v) is 3.76. The zero-order valence-electron chi connectivity index (χ0n) is 15.0. The second kappa shape index (κ2) is 11.9. The zero-order valence-corrected chi connectivity index (χ0v) is 17.3. The van der Waals surface area contributed by atoms with E-state index in [0.29, 0.717) is 19.0 Å². The van der Waals surface area contributed by atoms with Crippen molar-refractivity contribution >= 4 is 35.8 Å². The SMILES string of the molecule is CCNC(=NCc1ccccc1OC)NCCCC(=O)NC1CC1.I. The Hall–Kier alpha value is -1.51. The fraction of sp³-hybridized carbons (Fsp3) is 0.556. The third-order valence-electron chi connectivity index (χ3n) is 3.76. The molecule has 25 heavy (non-hydrogen) atoms. The van der Waals surface area contributed by atoms with Crippen molar-refractivity contribution in [1.29, 1.82) is 0 Å². The Morgan fingerprint density at radius 2 is 2.04 bits per heavy atom. The van der Waals surface area contributed by atoms with Crippen molar-refractivity contribution in [1.82, 2.24) is 16.0 Å². The van der Waals surface area contributed by atoms with E-state index in [2.05, 4.69) is 20.9 Å². The summed E-state index contributed by atoms with van der Waals surface area (Å²) in [7, 11) is 1.67. The molecule has 0 aliphatic heterocycles. The minimum absolute atomic E-state index is 0. The quantitative estimate of drug-likeness (QED) is 0.229.